The zero-order chi connectivity index (χ0) is 21.1. The maximum atomic E-state index is 6.20. The fourth-order valence-corrected chi connectivity index (χ4v) is 4.41. The van der Waals surface area contributed by atoms with Gasteiger partial charge in [-0.2, -0.15) is 0 Å². The first-order valence-corrected chi connectivity index (χ1v) is 11.3. The van der Waals surface area contributed by atoms with Crippen LogP contribution in [-0.4, -0.2) is 34.8 Å². The highest BCUT2D eigenvalue weighted by Crippen LogP contribution is 2.30. The molecule has 0 saturated heterocycles. The van der Waals surface area contributed by atoms with E-state index in [1.165, 1.54) is 0 Å². The van der Waals surface area contributed by atoms with Crippen LogP contribution in [0.1, 0.15) is 25.0 Å². The van der Waals surface area contributed by atoms with Crippen LogP contribution in [0.5, 0.6) is 0 Å². The molecule has 2 heterocycles. The Morgan fingerprint density at radius 1 is 1.13 bits per heavy atom. The average Bonchev–Trinajstić information content (AvgIpc) is 2.75. The van der Waals surface area contributed by atoms with Crippen LogP contribution >= 0.6 is 27.5 Å². The molecule has 0 unspecified atom stereocenters. The first-order chi connectivity index (χ1) is 14.5. The summed E-state index contributed by atoms with van der Waals surface area (Å²) in [7, 11) is 0. The second-order valence-electron chi connectivity index (χ2n) is 7.72. The summed E-state index contributed by atoms with van der Waals surface area (Å²) < 4.78 is 7.19. The number of amidine groups is 1. The normalized spacial score (nSPS) is 16.1. The number of rotatable bonds is 6. The van der Waals surface area contributed by atoms with Gasteiger partial charge in [0, 0.05) is 41.2 Å². The molecular weight excluding hydrogens is 462 g/mol. The summed E-state index contributed by atoms with van der Waals surface area (Å²) in [5, 5.41) is 0.721. The van der Waals surface area contributed by atoms with E-state index in [0.29, 0.717) is 12.6 Å². The Hall–Kier alpha value is -2.24. The molecule has 0 spiro atoms. The molecule has 0 N–H and O–H groups in total. The molecule has 4 nitrogen and oxygen atoms in total. The van der Waals surface area contributed by atoms with E-state index in [1.54, 1.807) is 0 Å². The Balaban J connectivity index is 1.61. The van der Waals surface area contributed by atoms with E-state index < -0.39 is 0 Å². The number of halogens is 2. The van der Waals surface area contributed by atoms with Gasteiger partial charge >= 0.3 is 0 Å². The lowest BCUT2D eigenvalue weighted by atomic mass is 10.1. The molecule has 0 radical (unpaired) electrons. The highest BCUT2D eigenvalue weighted by Gasteiger charge is 2.29. The lowest BCUT2D eigenvalue weighted by Gasteiger charge is -2.40. The van der Waals surface area contributed by atoms with Crippen molar-refractivity contribution in [3.8, 4) is 0 Å². The van der Waals surface area contributed by atoms with E-state index in [0.717, 1.165) is 57.4 Å². The standard InChI is InChI=1S/C24H25BrClN3O/c1-17(2)28-10-11-29-22(15-28)23(30-16-18-6-4-3-5-7-18)14-27-24(29)12-19-8-9-20(26)13-21(19)25/h3-9,13-15,17H,10-12,16H2,1-2H3. The number of hydrogen-bond donors (Lipinski definition) is 0. The quantitative estimate of drug-likeness (QED) is 0.502. The van der Waals surface area contributed by atoms with Gasteiger partial charge in [-0.3, -0.25) is 0 Å². The van der Waals surface area contributed by atoms with Crippen LogP contribution in [0.2, 0.25) is 5.02 Å². The minimum absolute atomic E-state index is 0.433. The van der Waals surface area contributed by atoms with Gasteiger partial charge in [-0.25, -0.2) is 4.99 Å². The van der Waals surface area contributed by atoms with E-state index in [-0.39, 0.29) is 0 Å². The van der Waals surface area contributed by atoms with E-state index in [4.69, 9.17) is 21.3 Å². The molecule has 2 aromatic rings. The van der Waals surface area contributed by atoms with Crippen molar-refractivity contribution in [1.29, 1.82) is 0 Å². The SMILES string of the molecule is CC(C)N1C=C2C(OCc3ccccc3)=CN=C(Cc3ccc(Cl)cc3Br)N2CC1. The number of aliphatic imine (C=N–C) groups is 1. The predicted octanol–water partition coefficient (Wildman–Crippen LogP) is 5.98. The molecule has 0 saturated carbocycles. The van der Waals surface area contributed by atoms with Crippen LogP contribution in [0, 0.1) is 0 Å². The summed E-state index contributed by atoms with van der Waals surface area (Å²) in [6.45, 7) is 6.77. The number of hydrogen-bond acceptors (Lipinski definition) is 4. The monoisotopic (exact) mass is 485 g/mol. The Labute approximate surface area is 191 Å². The van der Waals surface area contributed by atoms with Gasteiger partial charge in [0.1, 0.15) is 18.1 Å². The lowest BCUT2D eigenvalue weighted by molar-refractivity contribution is 0.177. The van der Waals surface area contributed by atoms with E-state index in [1.807, 2.05) is 42.6 Å². The van der Waals surface area contributed by atoms with Crippen molar-refractivity contribution in [3.63, 3.8) is 0 Å². The molecule has 2 aromatic carbocycles. The molecule has 0 fully saturated rings. The number of fused-ring (bicyclic) bond motifs is 1. The number of nitrogens with zero attached hydrogens (tertiary/aromatic N) is 3. The molecule has 6 heteroatoms. The summed E-state index contributed by atoms with van der Waals surface area (Å²) in [5.74, 6) is 1.82. The highest BCUT2D eigenvalue weighted by atomic mass is 79.9. The van der Waals surface area contributed by atoms with Gasteiger partial charge in [0.05, 0.1) is 6.20 Å². The number of benzene rings is 2. The maximum Gasteiger partial charge on any atom is 0.163 e. The van der Waals surface area contributed by atoms with E-state index in [2.05, 4.69) is 57.9 Å². The minimum atomic E-state index is 0.433. The van der Waals surface area contributed by atoms with Gasteiger partial charge in [0.15, 0.2) is 5.76 Å². The van der Waals surface area contributed by atoms with Crippen molar-refractivity contribution in [2.45, 2.75) is 32.9 Å². The Bertz CT molecular complexity index is 1000. The fourth-order valence-electron chi connectivity index (χ4n) is 3.59. The van der Waals surface area contributed by atoms with Gasteiger partial charge in [0.25, 0.3) is 0 Å². The maximum absolute atomic E-state index is 6.20. The van der Waals surface area contributed by atoms with Gasteiger partial charge in [-0.1, -0.05) is 63.9 Å². The minimum Gasteiger partial charge on any atom is -0.485 e. The molecule has 4 rings (SSSR count). The van der Waals surface area contributed by atoms with Crippen LogP contribution in [0.15, 0.2) is 81.9 Å². The largest absolute Gasteiger partial charge is 0.485 e. The third-order valence-electron chi connectivity index (χ3n) is 5.32. The zero-order valence-electron chi connectivity index (χ0n) is 17.2. The fraction of sp³-hybridized carbons (Fsp3) is 0.292. The predicted molar refractivity (Wildman–Crippen MR) is 126 cm³/mol. The van der Waals surface area contributed by atoms with Crippen molar-refractivity contribution in [3.05, 3.63) is 93.0 Å². The molecule has 2 aliphatic rings. The van der Waals surface area contributed by atoms with Crippen LogP contribution in [-0.2, 0) is 17.8 Å². The first kappa shape index (κ1) is 21.0. The van der Waals surface area contributed by atoms with Gasteiger partial charge in [-0.05, 0) is 37.1 Å². The van der Waals surface area contributed by atoms with Crippen molar-refractivity contribution in [2.75, 3.05) is 13.1 Å². The second-order valence-corrected chi connectivity index (χ2v) is 9.01. The van der Waals surface area contributed by atoms with Gasteiger partial charge in [-0.15, -0.1) is 0 Å². The van der Waals surface area contributed by atoms with Crippen LogP contribution in [0.25, 0.3) is 0 Å². The zero-order valence-corrected chi connectivity index (χ0v) is 19.5. The summed E-state index contributed by atoms with van der Waals surface area (Å²) in [4.78, 5) is 9.41. The molecule has 0 bridgehead atoms. The lowest BCUT2D eigenvalue weighted by Crippen LogP contribution is -2.46. The third-order valence-corrected chi connectivity index (χ3v) is 6.29. The second kappa shape index (κ2) is 9.27. The van der Waals surface area contributed by atoms with Crippen molar-refractivity contribution in [2.24, 2.45) is 4.99 Å². The van der Waals surface area contributed by atoms with Crippen molar-refractivity contribution >= 4 is 33.4 Å². The Kier molecular flexibility index (Phi) is 6.49. The first-order valence-electron chi connectivity index (χ1n) is 10.1. The highest BCUT2D eigenvalue weighted by molar-refractivity contribution is 9.10. The molecule has 156 valence electrons. The van der Waals surface area contributed by atoms with Crippen LogP contribution in [0.3, 0.4) is 0 Å². The smallest absolute Gasteiger partial charge is 0.163 e. The van der Waals surface area contributed by atoms with Crippen LogP contribution < -0.4 is 0 Å². The third kappa shape index (κ3) is 4.73. The average molecular weight is 487 g/mol. The molecule has 0 amide bonds. The summed E-state index contributed by atoms with van der Waals surface area (Å²) in [6, 6.07) is 16.5. The summed E-state index contributed by atoms with van der Waals surface area (Å²) >= 11 is 9.74. The topological polar surface area (TPSA) is 28.1 Å². The molecular formula is C24H25BrClN3O. The van der Waals surface area contributed by atoms with Gasteiger partial charge in [0.2, 0.25) is 0 Å². The Morgan fingerprint density at radius 2 is 1.93 bits per heavy atom. The molecule has 30 heavy (non-hydrogen) atoms. The summed E-state index contributed by atoms with van der Waals surface area (Å²) in [5.41, 5.74) is 3.37. The molecule has 0 aromatic heterocycles. The number of ether oxygens (including phenoxy) is 1. The van der Waals surface area contributed by atoms with E-state index in [9.17, 15) is 0 Å². The molecule has 2 aliphatic heterocycles. The molecule has 0 atom stereocenters. The molecule has 0 aliphatic carbocycles. The van der Waals surface area contributed by atoms with Crippen LogP contribution in [0.4, 0.5) is 0 Å². The Morgan fingerprint density at radius 3 is 2.67 bits per heavy atom. The van der Waals surface area contributed by atoms with Crippen molar-refractivity contribution in [1.82, 2.24) is 9.80 Å². The van der Waals surface area contributed by atoms with Crippen molar-refractivity contribution < 1.29 is 4.74 Å². The summed E-state index contributed by atoms with van der Waals surface area (Å²) in [6.07, 6.45) is 4.78. The van der Waals surface area contributed by atoms with E-state index >= 15 is 0 Å². The van der Waals surface area contributed by atoms with Gasteiger partial charge < -0.3 is 14.5 Å².